The van der Waals surface area contributed by atoms with E-state index in [1.165, 1.54) is 44.9 Å². The molecule has 1 aliphatic carbocycles. The molecule has 1 spiro atoms. The van der Waals surface area contributed by atoms with E-state index in [4.69, 9.17) is 4.74 Å². The van der Waals surface area contributed by atoms with E-state index in [0.717, 1.165) is 19.4 Å². The molecule has 4 unspecified atom stereocenters. The quantitative estimate of drug-likeness (QED) is 0.862. The molecule has 1 saturated carbocycles. The standard InChI is InChI=1S/C16H25NO3/c18-15(19)13-9-11-3-4-14(13)17(11)10-12-5-8-16(20-12)6-1-2-7-16/h11-14H,1-10H2,(H,18,19). The number of ether oxygens (including phenoxy) is 1. The minimum absolute atomic E-state index is 0.129. The molecule has 3 heterocycles. The van der Waals surface area contributed by atoms with Crippen molar-refractivity contribution in [2.45, 2.75) is 81.6 Å². The highest BCUT2D eigenvalue weighted by molar-refractivity contribution is 5.71. The maximum atomic E-state index is 11.3. The number of hydrogen-bond acceptors (Lipinski definition) is 3. The molecule has 20 heavy (non-hydrogen) atoms. The Kier molecular flexibility index (Phi) is 3.08. The molecule has 0 aromatic carbocycles. The van der Waals surface area contributed by atoms with Crippen molar-refractivity contribution in [1.29, 1.82) is 0 Å². The van der Waals surface area contributed by atoms with Gasteiger partial charge < -0.3 is 9.84 Å². The summed E-state index contributed by atoms with van der Waals surface area (Å²) in [5.74, 6) is -0.725. The summed E-state index contributed by atoms with van der Waals surface area (Å²) in [6.45, 7) is 0.973. The van der Waals surface area contributed by atoms with Gasteiger partial charge in [-0.1, -0.05) is 12.8 Å². The molecule has 4 heteroatoms. The van der Waals surface area contributed by atoms with Gasteiger partial charge in [0.15, 0.2) is 0 Å². The first-order chi connectivity index (χ1) is 9.67. The molecular weight excluding hydrogens is 254 g/mol. The molecular formula is C16H25NO3. The van der Waals surface area contributed by atoms with Crippen LogP contribution in [0, 0.1) is 5.92 Å². The summed E-state index contributed by atoms with van der Waals surface area (Å²) in [6.07, 6.45) is 11.0. The first-order valence-electron chi connectivity index (χ1n) is 8.33. The Morgan fingerprint density at radius 2 is 2.00 bits per heavy atom. The average Bonchev–Trinajstić information content (AvgIpc) is 3.19. The second kappa shape index (κ2) is 4.70. The van der Waals surface area contributed by atoms with Crippen LogP contribution in [0.3, 0.4) is 0 Å². The minimum atomic E-state index is -0.596. The zero-order valence-corrected chi connectivity index (χ0v) is 12.1. The van der Waals surface area contributed by atoms with Crippen LogP contribution in [-0.2, 0) is 9.53 Å². The molecule has 2 bridgehead atoms. The summed E-state index contributed by atoms with van der Waals surface area (Å²) >= 11 is 0. The average molecular weight is 279 g/mol. The van der Waals surface area contributed by atoms with Crippen molar-refractivity contribution in [2.24, 2.45) is 5.92 Å². The lowest BCUT2D eigenvalue weighted by atomic mass is 9.89. The number of carboxylic acid groups (broad SMARTS) is 1. The summed E-state index contributed by atoms with van der Waals surface area (Å²) in [5, 5.41) is 9.32. The van der Waals surface area contributed by atoms with Gasteiger partial charge in [0.05, 0.1) is 17.6 Å². The van der Waals surface area contributed by atoms with Gasteiger partial charge in [-0.25, -0.2) is 0 Å². The Balaban J connectivity index is 1.40. The highest BCUT2D eigenvalue weighted by Crippen LogP contribution is 2.46. The number of aliphatic carboxylic acids is 1. The number of rotatable bonds is 3. The third-order valence-electron chi connectivity index (χ3n) is 6.27. The minimum Gasteiger partial charge on any atom is -0.481 e. The van der Waals surface area contributed by atoms with Gasteiger partial charge in [-0.15, -0.1) is 0 Å². The molecule has 0 aromatic rings. The summed E-state index contributed by atoms with van der Waals surface area (Å²) in [4.78, 5) is 13.8. The van der Waals surface area contributed by atoms with E-state index >= 15 is 0 Å². The van der Waals surface area contributed by atoms with Crippen LogP contribution >= 0.6 is 0 Å². The normalized spacial score (nSPS) is 42.8. The highest BCUT2D eigenvalue weighted by Gasteiger charge is 2.51. The van der Waals surface area contributed by atoms with E-state index < -0.39 is 5.97 Å². The molecule has 112 valence electrons. The molecule has 0 aromatic heterocycles. The fourth-order valence-corrected chi connectivity index (χ4v) is 5.30. The summed E-state index contributed by atoms with van der Waals surface area (Å²) in [6, 6.07) is 0.783. The van der Waals surface area contributed by atoms with Gasteiger partial charge in [-0.2, -0.15) is 0 Å². The van der Waals surface area contributed by atoms with E-state index in [1.807, 2.05) is 0 Å². The zero-order chi connectivity index (χ0) is 13.7. The van der Waals surface area contributed by atoms with Crippen LogP contribution in [0.25, 0.3) is 0 Å². The van der Waals surface area contributed by atoms with Crippen LogP contribution in [0.1, 0.15) is 57.8 Å². The van der Waals surface area contributed by atoms with Gasteiger partial charge in [-0.05, 0) is 44.9 Å². The van der Waals surface area contributed by atoms with Crippen molar-refractivity contribution < 1.29 is 14.6 Å². The number of hydrogen-bond donors (Lipinski definition) is 1. The summed E-state index contributed by atoms with van der Waals surface area (Å²) < 4.78 is 6.40. The largest absolute Gasteiger partial charge is 0.481 e. The molecule has 0 amide bonds. The van der Waals surface area contributed by atoms with E-state index in [9.17, 15) is 9.90 Å². The third kappa shape index (κ3) is 2.00. The van der Waals surface area contributed by atoms with Crippen molar-refractivity contribution in [1.82, 2.24) is 4.90 Å². The Hall–Kier alpha value is -0.610. The van der Waals surface area contributed by atoms with Gasteiger partial charge >= 0.3 is 5.97 Å². The molecule has 4 atom stereocenters. The lowest BCUT2D eigenvalue weighted by molar-refractivity contribution is -0.142. The first-order valence-corrected chi connectivity index (χ1v) is 8.33. The van der Waals surface area contributed by atoms with Crippen LogP contribution in [0.15, 0.2) is 0 Å². The summed E-state index contributed by atoms with van der Waals surface area (Å²) in [7, 11) is 0. The van der Waals surface area contributed by atoms with Crippen molar-refractivity contribution in [3.8, 4) is 0 Å². The van der Waals surface area contributed by atoms with Crippen LogP contribution < -0.4 is 0 Å². The van der Waals surface area contributed by atoms with Crippen molar-refractivity contribution in [3.63, 3.8) is 0 Å². The molecule has 4 rings (SSSR count). The Labute approximate surface area is 120 Å². The summed E-state index contributed by atoms with van der Waals surface area (Å²) in [5.41, 5.74) is 0.204. The van der Waals surface area contributed by atoms with Gasteiger partial charge in [0.2, 0.25) is 0 Å². The smallest absolute Gasteiger partial charge is 0.308 e. The van der Waals surface area contributed by atoms with Crippen molar-refractivity contribution in [3.05, 3.63) is 0 Å². The number of carboxylic acids is 1. The van der Waals surface area contributed by atoms with Crippen molar-refractivity contribution in [2.75, 3.05) is 6.54 Å². The van der Waals surface area contributed by atoms with E-state index in [-0.39, 0.29) is 17.6 Å². The first kappa shape index (κ1) is 13.1. The monoisotopic (exact) mass is 279 g/mol. The molecule has 4 nitrogen and oxygen atoms in total. The fraction of sp³-hybridized carbons (Fsp3) is 0.938. The lowest BCUT2D eigenvalue weighted by Crippen LogP contribution is -2.39. The van der Waals surface area contributed by atoms with Crippen LogP contribution in [0.4, 0.5) is 0 Å². The van der Waals surface area contributed by atoms with Crippen LogP contribution in [-0.4, -0.2) is 46.3 Å². The SMILES string of the molecule is O=C(O)C1CC2CCC1N2CC1CCC2(CCCC2)O1. The van der Waals surface area contributed by atoms with E-state index in [1.54, 1.807) is 0 Å². The van der Waals surface area contributed by atoms with E-state index in [2.05, 4.69) is 4.90 Å². The molecule has 4 fully saturated rings. The Morgan fingerprint density at radius 3 is 2.70 bits per heavy atom. The van der Waals surface area contributed by atoms with Crippen molar-refractivity contribution >= 4 is 5.97 Å². The fourth-order valence-electron chi connectivity index (χ4n) is 5.30. The second-order valence-electron chi connectivity index (χ2n) is 7.34. The van der Waals surface area contributed by atoms with Gasteiger partial charge in [0.1, 0.15) is 0 Å². The third-order valence-corrected chi connectivity index (χ3v) is 6.27. The number of fused-ring (bicyclic) bond motifs is 2. The number of carbonyl (C=O) groups is 1. The maximum absolute atomic E-state index is 11.3. The van der Waals surface area contributed by atoms with Gasteiger partial charge in [0, 0.05) is 18.6 Å². The number of nitrogens with zero attached hydrogens (tertiary/aromatic N) is 1. The second-order valence-corrected chi connectivity index (χ2v) is 7.34. The van der Waals surface area contributed by atoms with E-state index in [0.29, 0.717) is 12.1 Å². The van der Waals surface area contributed by atoms with Crippen LogP contribution in [0.5, 0.6) is 0 Å². The molecule has 3 saturated heterocycles. The van der Waals surface area contributed by atoms with Crippen LogP contribution in [0.2, 0.25) is 0 Å². The predicted molar refractivity (Wildman–Crippen MR) is 74.6 cm³/mol. The molecule has 0 radical (unpaired) electrons. The molecule has 4 aliphatic rings. The highest BCUT2D eigenvalue weighted by atomic mass is 16.5. The maximum Gasteiger partial charge on any atom is 0.308 e. The molecule has 3 aliphatic heterocycles. The van der Waals surface area contributed by atoms with Gasteiger partial charge in [-0.3, -0.25) is 9.69 Å². The molecule has 1 N–H and O–H groups in total. The zero-order valence-electron chi connectivity index (χ0n) is 12.1. The lowest BCUT2D eigenvalue weighted by Gasteiger charge is -2.28. The van der Waals surface area contributed by atoms with Gasteiger partial charge in [0.25, 0.3) is 0 Å². The Morgan fingerprint density at radius 1 is 1.20 bits per heavy atom. The Bertz CT molecular complexity index is 405. The topological polar surface area (TPSA) is 49.8 Å². The predicted octanol–water partition coefficient (Wildman–Crippen LogP) is 2.42.